The number of piperidine rings is 2. The summed E-state index contributed by atoms with van der Waals surface area (Å²) in [5.74, 6) is 4.47. The third-order valence-electron chi connectivity index (χ3n) is 19.6. The molecule has 0 saturated carbocycles. The fourth-order valence-electron chi connectivity index (χ4n) is 13.0. The Bertz CT molecular complexity index is 2830. The van der Waals surface area contributed by atoms with Gasteiger partial charge in [-0.3, -0.25) is 13.2 Å². The van der Waals surface area contributed by atoms with E-state index in [1.807, 2.05) is 24.0 Å². The summed E-state index contributed by atoms with van der Waals surface area (Å²) in [6.45, 7) is 41.9. The lowest BCUT2D eigenvalue weighted by Crippen LogP contribution is -2.36. The Morgan fingerprint density at radius 2 is 0.607 bits per heavy atom. The molecule has 0 amide bonds. The van der Waals surface area contributed by atoms with E-state index in [1.54, 1.807) is 0 Å². The van der Waals surface area contributed by atoms with E-state index in [0.717, 1.165) is 111 Å². The van der Waals surface area contributed by atoms with E-state index in [9.17, 15) is 13.2 Å². The molecule has 0 radical (unpaired) electrons. The topological polar surface area (TPSA) is 66.1 Å². The van der Waals surface area contributed by atoms with Crippen molar-refractivity contribution in [1.82, 2.24) is 19.6 Å². The zero-order valence-electron chi connectivity index (χ0n) is 69.3. The van der Waals surface area contributed by atoms with Gasteiger partial charge in [0.25, 0.3) is 0 Å². The molecule has 15 rings (SSSR count). The molecule has 0 N–H and O–H groups in total. The largest absolute Gasteiger partial charge is 0.379 e. The average Bonchev–Trinajstić information content (AvgIpc) is 1.84. The van der Waals surface area contributed by atoms with Crippen LogP contribution in [0.4, 0.5) is 41.6 Å². The average molecular weight is 1570 g/mol. The number of rotatable bonds is 5. The first kappa shape index (κ1) is 97.7. The van der Waals surface area contributed by atoms with Gasteiger partial charge in [0, 0.05) is 138 Å². The van der Waals surface area contributed by atoms with Crippen molar-refractivity contribution in [3.8, 4) is 0 Å². The molecule has 0 bridgehead atoms. The van der Waals surface area contributed by atoms with Crippen LogP contribution in [0.25, 0.3) is 0 Å². The second kappa shape index (κ2) is 64.3. The Balaban J connectivity index is 0.000000403. The van der Waals surface area contributed by atoms with Gasteiger partial charge in [-0.1, -0.05) is 150 Å². The summed E-state index contributed by atoms with van der Waals surface area (Å²) in [7, 11) is 10.2. The normalized spacial score (nSPS) is 18.4. The van der Waals surface area contributed by atoms with Gasteiger partial charge in [0.2, 0.25) is 0 Å². The van der Waals surface area contributed by atoms with Crippen LogP contribution < -0.4 is 24.5 Å². The molecule has 9 saturated heterocycles. The quantitative estimate of drug-likeness (QED) is 0.154. The number of aryl methyl sites for hydroxylation is 6. The minimum atomic E-state index is 0.500. The number of benzene rings is 6. The van der Waals surface area contributed by atoms with Crippen LogP contribution in [-0.4, -0.2) is 257 Å². The lowest BCUT2D eigenvalue weighted by Gasteiger charge is -2.30. The van der Waals surface area contributed by atoms with Gasteiger partial charge in [0.05, 0.1) is 74.4 Å². The highest BCUT2D eigenvalue weighted by Gasteiger charge is 2.18. The number of hydrogen-bond acceptors (Lipinski definition) is 14. The fourth-order valence-corrected chi connectivity index (χ4v) is 14.1. The number of likely N-dealkylation sites (tertiary alicyclic amines) is 2. The summed E-state index contributed by atoms with van der Waals surface area (Å²) in [5, 5.41) is 0. The molecule has 604 valence electrons. The maximum absolute atomic E-state index is 9.50. The molecule has 6 aromatic rings. The van der Waals surface area contributed by atoms with Crippen molar-refractivity contribution in [2.24, 2.45) is 0 Å². The van der Waals surface area contributed by atoms with Crippen LogP contribution in [0.5, 0.6) is 0 Å². The summed E-state index contributed by atoms with van der Waals surface area (Å²) >= 11 is 4.99. The molecule has 0 aromatic heterocycles. The van der Waals surface area contributed by atoms with Crippen LogP contribution in [-0.2, 0) is 18.9 Å². The predicted molar refractivity (Wildman–Crippen MR) is 465 cm³/mol. The van der Waals surface area contributed by atoms with E-state index in [2.05, 4.69) is 282 Å². The Morgan fingerprint density at radius 3 is 0.879 bits per heavy atom. The van der Waals surface area contributed by atoms with Crippen LogP contribution in [0, 0.1) is 41.5 Å². The Hall–Kier alpha value is -5.38. The molecule has 13 nitrogen and oxygen atoms in total. The number of halogens is 4. The maximum Gasteiger partial charge on any atom is 0.0785 e. The van der Waals surface area contributed by atoms with E-state index >= 15 is 0 Å². The zero-order chi connectivity index (χ0) is 78.5. The second-order valence-corrected chi connectivity index (χ2v) is 29.1. The minimum Gasteiger partial charge on any atom is -0.379 e. The fraction of sp³-hybridized carbons (Fsp3) is 0.596. The third kappa shape index (κ3) is 43.7. The van der Waals surface area contributed by atoms with Gasteiger partial charge in [-0.05, 0) is 218 Å². The van der Waals surface area contributed by atoms with Gasteiger partial charge in [0.15, 0.2) is 0 Å². The maximum atomic E-state index is 9.50. The Morgan fingerprint density at radius 1 is 0.308 bits per heavy atom. The first-order chi connectivity index (χ1) is 52.2. The van der Waals surface area contributed by atoms with Gasteiger partial charge in [-0.15, -0.1) is 0 Å². The third-order valence-corrected chi connectivity index (χ3v) is 20.5. The van der Waals surface area contributed by atoms with Crippen LogP contribution in [0.1, 0.15) is 105 Å². The van der Waals surface area contributed by atoms with Crippen molar-refractivity contribution in [2.75, 3.05) is 256 Å². The highest BCUT2D eigenvalue weighted by Crippen LogP contribution is 2.26. The van der Waals surface area contributed by atoms with Crippen molar-refractivity contribution in [1.29, 1.82) is 0 Å². The molecule has 1 atom stereocenters. The second-order valence-electron chi connectivity index (χ2n) is 27.8. The molecule has 9 heterocycles. The van der Waals surface area contributed by atoms with Gasteiger partial charge in [-0.25, -0.2) is 0 Å². The summed E-state index contributed by atoms with van der Waals surface area (Å²) in [4.78, 5) is 21.6. The number of thioether (sulfide) groups is 1. The molecule has 9 aliphatic rings. The zero-order valence-corrected chi connectivity index (χ0v) is 71.7. The number of morpholine rings is 4. The van der Waals surface area contributed by atoms with Gasteiger partial charge < -0.3 is 63.0 Å². The van der Waals surface area contributed by atoms with Crippen LogP contribution >= 0.6 is 27.7 Å². The van der Waals surface area contributed by atoms with Gasteiger partial charge in [0.1, 0.15) is 0 Å². The number of likely N-dealkylation sites (N-methyl/N-ethyl adjacent to an activating group) is 1. The number of nitrogens with zero attached hydrogens (tertiary/aromatic N) is 9. The molecule has 107 heavy (non-hydrogen) atoms. The molecule has 0 aliphatic carbocycles. The Labute approximate surface area is 663 Å². The molecule has 1 unspecified atom stereocenters. The van der Waals surface area contributed by atoms with E-state index in [0.29, 0.717) is 21.5 Å². The summed E-state index contributed by atoms with van der Waals surface area (Å²) < 4.78 is 49.5. The monoisotopic (exact) mass is 1570 g/mol. The molecule has 0 spiro atoms. The molecule has 6 aromatic carbocycles. The van der Waals surface area contributed by atoms with E-state index in [4.69, 9.17) is 18.9 Å². The smallest absolute Gasteiger partial charge is 0.0785 e. The van der Waals surface area contributed by atoms with Crippen molar-refractivity contribution >= 4 is 56.1 Å². The number of alkyl halides is 4. The van der Waals surface area contributed by atoms with Crippen molar-refractivity contribution in [3.05, 3.63) is 185 Å². The summed E-state index contributed by atoms with van der Waals surface area (Å²) in [6.07, 6.45) is 13.9. The predicted octanol–water partition coefficient (Wildman–Crippen LogP) is 18.7. The number of para-hydroxylation sites is 4. The highest BCUT2D eigenvalue weighted by atomic mass is 79.9. The Kier molecular flexibility index (Phi) is 58.7. The first-order valence-corrected chi connectivity index (χ1v) is 42.2. The van der Waals surface area contributed by atoms with E-state index < -0.39 is 0 Å². The summed E-state index contributed by atoms with van der Waals surface area (Å²) in [6, 6.07) is 54.0. The van der Waals surface area contributed by atoms with Crippen LogP contribution in [0.2, 0.25) is 0 Å². The standard InChI is InChI=1S/3C11H15NO.2C11H15N.C7H15N.C7H8.C6H13N.C5H11NO.C5H11NS.CH3Br.3CH3F/c1-10-3-2-4-11(9-10)12-5-7-13-8-6-12;2*1-10-4-2-3-5-11(10)12-6-8-13-9-7-12;2*1-10-6-2-3-7-11(10)12-8-4-5-9-12;1-7-5-3-4-6-8(7)2;2*1-7-5-3-2-4-6-7;2*1-6-2-4-7-5-3-6;4*1-2/h2-4,9H,5-8H2,1H3;2*2-5H,6-9H2,1H3;2*2-3,6-7H,4-5,8-9H2,1H3;7H,3-6H2,1-2H3;2-6H,1H3;2-6H2,1H3;2*2-5H2,1H3;4*1H3. The van der Waals surface area contributed by atoms with Gasteiger partial charge in [-0.2, -0.15) is 11.8 Å². The van der Waals surface area contributed by atoms with Crippen LogP contribution in [0.15, 0.2) is 152 Å². The van der Waals surface area contributed by atoms with Crippen LogP contribution in [0.3, 0.4) is 0 Å². The molecule has 9 aliphatic heterocycles. The number of anilines is 5. The lowest BCUT2D eigenvalue weighted by atomic mass is 10.1. The van der Waals surface area contributed by atoms with Gasteiger partial charge >= 0.3 is 0 Å². The molecular weight excluding hydrogens is 1430 g/mol. The van der Waals surface area contributed by atoms with Crippen molar-refractivity contribution < 1.29 is 32.1 Å². The van der Waals surface area contributed by atoms with E-state index in [1.165, 1.54) is 196 Å². The summed E-state index contributed by atoms with van der Waals surface area (Å²) in [5.41, 5.74) is 15.0. The highest BCUT2D eigenvalue weighted by molar-refractivity contribution is 9.08. The molecule has 18 heteroatoms. The lowest BCUT2D eigenvalue weighted by molar-refractivity contribution is 0.0503. The SMILES string of the molecule is CBr.CC1CCCCN1C.CF.CF.CF.CN1CCCCC1.CN1CCOCC1.CN1CCSCC1.Cc1cccc(N2CCOCC2)c1.Cc1ccccc1.Cc1ccccc1N1CCCC1.Cc1ccccc1N1CCCC1.Cc1ccccc1N1CCOCC1.Cc1ccccc1N1CCOCC1. The number of hydrogen-bond donors (Lipinski definition) is 0. The molecule has 9 fully saturated rings. The molecular formula is C89H145BrF3N9O4S. The number of ether oxygens (including phenoxy) is 4. The van der Waals surface area contributed by atoms with Crippen molar-refractivity contribution in [2.45, 2.75) is 119 Å². The van der Waals surface area contributed by atoms with Crippen molar-refractivity contribution in [3.63, 3.8) is 0 Å². The first-order valence-electron chi connectivity index (χ1n) is 39.5. The minimum absolute atomic E-state index is 0.500. The van der Waals surface area contributed by atoms with E-state index in [-0.39, 0.29) is 0 Å².